The van der Waals surface area contributed by atoms with E-state index in [2.05, 4.69) is 10.2 Å². The van der Waals surface area contributed by atoms with Crippen LogP contribution in [-0.2, 0) is 0 Å². The predicted octanol–water partition coefficient (Wildman–Crippen LogP) is 3.28. The van der Waals surface area contributed by atoms with Gasteiger partial charge in [0.15, 0.2) is 6.20 Å². The van der Waals surface area contributed by atoms with E-state index < -0.39 is 0 Å². The minimum atomic E-state index is -0.0844. The Bertz CT molecular complexity index is 697. The highest BCUT2D eigenvalue weighted by atomic mass is 32.2. The zero-order valence-corrected chi connectivity index (χ0v) is 12.2. The Labute approximate surface area is 123 Å². The molecular formula is C13H11N3O2S2. The molecule has 0 saturated heterocycles. The molecule has 0 bridgehead atoms. The minimum absolute atomic E-state index is 0.0844. The lowest BCUT2D eigenvalue weighted by molar-refractivity contribution is -0.645. The average molecular weight is 305 g/mol. The van der Waals surface area contributed by atoms with Crippen LogP contribution in [0.5, 0.6) is 0 Å². The molecule has 3 rings (SSSR count). The lowest BCUT2D eigenvalue weighted by atomic mass is 10.5. The van der Waals surface area contributed by atoms with Gasteiger partial charge in [-0.25, -0.2) is 0 Å². The summed E-state index contributed by atoms with van der Waals surface area (Å²) < 4.78 is 6.49. The van der Waals surface area contributed by atoms with Gasteiger partial charge < -0.3 is 9.62 Å². The summed E-state index contributed by atoms with van der Waals surface area (Å²) in [5, 5.41) is 22.2. The molecule has 1 unspecified atom stereocenters. The van der Waals surface area contributed by atoms with Crippen LogP contribution in [-0.4, -0.2) is 10.2 Å². The van der Waals surface area contributed by atoms with Crippen molar-refractivity contribution in [2.75, 3.05) is 0 Å². The predicted molar refractivity (Wildman–Crippen MR) is 77.3 cm³/mol. The zero-order chi connectivity index (χ0) is 13.9. The van der Waals surface area contributed by atoms with Crippen LogP contribution < -0.4 is 4.73 Å². The van der Waals surface area contributed by atoms with Crippen molar-refractivity contribution in [1.82, 2.24) is 10.2 Å². The molecule has 7 heteroatoms. The fourth-order valence-corrected chi connectivity index (χ4v) is 3.16. The summed E-state index contributed by atoms with van der Waals surface area (Å²) >= 11 is 2.94. The van der Waals surface area contributed by atoms with Crippen LogP contribution in [0.1, 0.15) is 18.1 Å². The summed E-state index contributed by atoms with van der Waals surface area (Å²) in [7, 11) is 0. The number of hydrogen-bond donors (Lipinski definition) is 0. The van der Waals surface area contributed by atoms with Crippen LogP contribution in [0.2, 0.25) is 0 Å². The molecule has 0 fully saturated rings. The molecule has 0 aliphatic carbocycles. The molecule has 0 amide bonds. The second kappa shape index (κ2) is 5.64. The SMILES string of the molecule is CC(Sc1cccc[n+]1[O-])c1nnc(-c2cccs2)o1. The van der Waals surface area contributed by atoms with Gasteiger partial charge >= 0.3 is 0 Å². The Morgan fingerprint density at radius 1 is 1.30 bits per heavy atom. The van der Waals surface area contributed by atoms with E-state index in [4.69, 9.17) is 4.42 Å². The Balaban J connectivity index is 1.78. The molecule has 0 radical (unpaired) electrons. The van der Waals surface area contributed by atoms with Gasteiger partial charge in [0.05, 0.1) is 10.1 Å². The number of hydrogen-bond acceptors (Lipinski definition) is 6. The van der Waals surface area contributed by atoms with E-state index in [1.54, 1.807) is 23.5 Å². The normalized spacial score (nSPS) is 12.4. The Morgan fingerprint density at radius 3 is 2.95 bits per heavy atom. The third-order valence-corrected chi connectivity index (χ3v) is 4.58. The molecule has 3 aromatic rings. The highest BCUT2D eigenvalue weighted by molar-refractivity contribution is 7.99. The summed E-state index contributed by atoms with van der Waals surface area (Å²) in [6.45, 7) is 1.93. The van der Waals surface area contributed by atoms with Crippen molar-refractivity contribution in [1.29, 1.82) is 0 Å². The van der Waals surface area contributed by atoms with Crippen molar-refractivity contribution in [2.45, 2.75) is 17.2 Å². The van der Waals surface area contributed by atoms with Gasteiger partial charge in [-0.05, 0) is 36.2 Å². The summed E-state index contributed by atoms with van der Waals surface area (Å²) in [5.74, 6) is 1.03. The van der Waals surface area contributed by atoms with Gasteiger partial charge in [0.1, 0.15) is 0 Å². The molecule has 0 saturated carbocycles. The second-order valence-electron chi connectivity index (χ2n) is 4.05. The van der Waals surface area contributed by atoms with Gasteiger partial charge in [0.25, 0.3) is 10.9 Å². The summed E-state index contributed by atoms with van der Waals surface area (Å²) in [5.41, 5.74) is 0. The standard InChI is InChI=1S/C13H11N3O2S2/c1-9(20-11-6-2-3-7-16(11)17)12-14-15-13(18-12)10-5-4-8-19-10/h2-9H,1H3. The fraction of sp³-hybridized carbons (Fsp3) is 0.154. The molecule has 0 spiro atoms. The molecule has 0 aliphatic heterocycles. The first kappa shape index (κ1) is 13.1. The van der Waals surface area contributed by atoms with E-state index in [0.717, 1.165) is 9.61 Å². The number of aromatic nitrogens is 3. The van der Waals surface area contributed by atoms with Gasteiger partial charge in [-0.3, -0.25) is 0 Å². The fourth-order valence-electron chi connectivity index (χ4n) is 1.63. The lowest BCUT2D eigenvalue weighted by Crippen LogP contribution is -2.27. The Morgan fingerprint density at radius 2 is 2.20 bits per heavy atom. The third kappa shape index (κ3) is 2.68. The largest absolute Gasteiger partial charge is 0.618 e. The maximum Gasteiger partial charge on any atom is 0.257 e. The average Bonchev–Trinajstić information content (AvgIpc) is 3.11. The highest BCUT2D eigenvalue weighted by Crippen LogP contribution is 2.33. The van der Waals surface area contributed by atoms with Gasteiger partial charge in [0.2, 0.25) is 5.89 Å². The summed E-state index contributed by atoms with van der Waals surface area (Å²) in [6.07, 6.45) is 1.47. The van der Waals surface area contributed by atoms with Crippen LogP contribution in [0.3, 0.4) is 0 Å². The first-order chi connectivity index (χ1) is 9.74. The molecule has 3 aromatic heterocycles. The minimum Gasteiger partial charge on any atom is -0.618 e. The van der Waals surface area contributed by atoms with Crippen LogP contribution >= 0.6 is 23.1 Å². The van der Waals surface area contributed by atoms with Crippen molar-refractivity contribution in [3.05, 3.63) is 53.0 Å². The van der Waals surface area contributed by atoms with Crippen molar-refractivity contribution in [3.63, 3.8) is 0 Å². The van der Waals surface area contributed by atoms with Gasteiger partial charge in [-0.15, -0.1) is 21.5 Å². The number of rotatable bonds is 4. The van der Waals surface area contributed by atoms with E-state index in [9.17, 15) is 5.21 Å². The molecule has 0 aliphatic rings. The van der Waals surface area contributed by atoms with E-state index >= 15 is 0 Å². The van der Waals surface area contributed by atoms with Crippen molar-refractivity contribution in [3.8, 4) is 10.8 Å². The monoisotopic (exact) mass is 305 g/mol. The summed E-state index contributed by atoms with van der Waals surface area (Å²) in [4.78, 5) is 0.944. The topological polar surface area (TPSA) is 65.9 Å². The van der Waals surface area contributed by atoms with Gasteiger partial charge in [-0.2, -0.15) is 4.73 Å². The van der Waals surface area contributed by atoms with E-state index in [1.165, 1.54) is 18.0 Å². The van der Waals surface area contributed by atoms with Crippen LogP contribution in [0.25, 0.3) is 10.8 Å². The van der Waals surface area contributed by atoms with Crippen LogP contribution in [0.15, 0.2) is 51.4 Å². The Kier molecular flexibility index (Phi) is 3.70. The van der Waals surface area contributed by atoms with E-state index in [-0.39, 0.29) is 5.25 Å². The molecule has 0 N–H and O–H groups in total. The maximum absolute atomic E-state index is 11.6. The third-order valence-electron chi connectivity index (χ3n) is 2.61. The Hall–Kier alpha value is -1.86. The van der Waals surface area contributed by atoms with Crippen LogP contribution in [0.4, 0.5) is 0 Å². The summed E-state index contributed by atoms with van der Waals surface area (Å²) in [6, 6.07) is 9.16. The van der Waals surface area contributed by atoms with Crippen molar-refractivity contribution in [2.24, 2.45) is 0 Å². The number of thiophene rings is 1. The van der Waals surface area contributed by atoms with E-state index in [1.807, 2.05) is 30.5 Å². The van der Waals surface area contributed by atoms with Gasteiger partial charge in [0, 0.05) is 12.1 Å². The first-order valence-electron chi connectivity index (χ1n) is 5.96. The van der Waals surface area contributed by atoms with Crippen LogP contribution in [0, 0.1) is 5.21 Å². The molecule has 5 nitrogen and oxygen atoms in total. The first-order valence-corrected chi connectivity index (χ1v) is 7.72. The number of thioether (sulfide) groups is 1. The second-order valence-corrected chi connectivity index (χ2v) is 6.36. The molecule has 1 atom stereocenters. The maximum atomic E-state index is 11.6. The number of pyridine rings is 1. The molecule has 102 valence electrons. The van der Waals surface area contributed by atoms with E-state index in [0.29, 0.717) is 16.8 Å². The zero-order valence-electron chi connectivity index (χ0n) is 10.6. The highest BCUT2D eigenvalue weighted by Gasteiger charge is 2.19. The molecule has 0 aromatic carbocycles. The van der Waals surface area contributed by atoms with Crippen molar-refractivity contribution < 1.29 is 9.15 Å². The molecule has 20 heavy (non-hydrogen) atoms. The molecule has 3 heterocycles. The lowest BCUT2D eigenvalue weighted by Gasteiger charge is -2.06. The van der Waals surface area contributed by atoms with Crippen molar-refractivity contribution >= 4 is 23.1 Å². The number of nitrogens with zero attached hydrogens (tertiary/aromatic N) is 3. The molecular weight excluding hydrogens is 294 g/mol. The van der Waals surface area contributed by atoms with Gasteiger partial charge in [-0.1, -0.05) is 6.07 Å². The quantitative estimate of drug-likeness (QED) is 0.420. The smallest absolute Gasteiger partial charge is 0.257 e.